The number of ether oxygens (including phenoxy) is 1. The van der Waals surface area contributed by atoms with E-state index in [0.717, 1.165) is 16.1 Å². The average Bonchev–Trinajstić information content (AvgIpc) is 3.14. The van der Waals surface area contributed by atoms with Gasteiger partial charge in [0.25, 0.3) is 0 Å². The van der Waals surface area contributed by atoms with Crippen molar-refractivity contribution < 1.29 is 4.74 Å². The Morgan fingerprint density at radius 2 is 2.14 bits per heavy atom. The zero-order valence-electron chi connectivity index (χ0n) is 10.7. The van der Waals surface area contributed by atoms with E-state index < -0.39 is 0 Å². The summed E-state index contributed by atoms with van der Waals surface area (Å²) < 4.78 is 12.1. The summed E-state index contributed by atoms with van der Waals surface area (Å²) in [6.45, 7) is 1.19. The Balaban J connectivity index is 1.60. The van der Waals surface area contributed by atoms with Gasteiger partial charge in [-0.2, -0.15) is 9.47 Å². The van der Waals surface area contributed by atoms with Crippen LogP contribution in [0.25, 0.3) is 0 Å². The second-order valence-corrected chi connectivity index (χ2v) is 6.15. The molecule has 6 nitrogen and oxygen atoms in total. The van der Waals surface area contributed by atoms with Crippen molar-refractivity contribution in [1.29, 1.82) is 0 Å². The maximum absolute atomic E-state index is 5.92. The van der Waals surface area contributed by atoms with Crippen molar-refractivity contribution in [3.8, 4) is 5.75 Å². The first-order valence-corrected chi connectivity index (χ1v) is 8.51. The van der Waals surface area contributed by atoms with Crippen molar-refractivity contribution in [3.05, 3.63) is 46.7 Å². The summed E-state index contributed by atoms with van der Waals surface area (Å²) in [6, 6.07) is 7.51. The number of nitrogens with zero attached hydrogens (tertiary/aromatic N) is 5. The molecule has 0 aliphatic carbocycles. The Morgan fingerprint density at radius 3 is 2.81 bits per heavy atom. The van der Waals surface area contributed by atoms with Crippen LogP contribution in [0.3, 0.4) is 0 Å². The molecule has 0 aliphatic rings. The molecule has 9 heteroatoms. The zero-order chi connectivity index (χ0) is 14.5. The number of benzene rings is 1. The van der Waals surface area contributed by atoms with Gasteiger partial charge in [0.15, 0.2) is 9.82 Å². The van der Waals surface area contributed by atoms with Gasteiger partial charge >= 0.3 is 0 Å². The summed E-state index contributed by atoms with van der Waals surface area (Å²) in [7, 11) is 2.77. The van der Waals surface area contributed by atoms with E-state index in [-0.39, 0.29) is 0 Å². The maximum Gasteiger partial charge on any atom is 0.179 e. The molecule has 0 unspecified atom stereocenters. The monoisotopic (exact) mass is 339 g/mol. The normalized spacial score (nSPS) is 11.8. The van der Waals surface area contributed by atoms with E-state index in [0.29, 0.717) is 18.3 Å². The maximum atomic E-state index is 5.92. The van der Waals surface area contributed by atoms with Gasteiger partial charge in [-0.25, -0.2) is 14.7 Å². The molecule has 2 aromatic heterocycles. The highest BCUT2D eigenvalue weighted by Crippen LogP contribution is 2.18. The fourth-order valence-electron chi connectivity index (χ4n) is 1.56. The van der Waals surface area contributed by atoms with E-state index in [2.05, 4.69) is 19.4 Å². The quantitative estimate of drug-likeness (QED) is 0.670. The molecule has 0 saturated heterocycles. The van der Waals surface area contributed by atoms with Gasteiger partial charge < -0.3 is 4.74 Å². The largest absolute Gasteiger partial charge is 0.492 e. The van der Waals surface area contributed by atoms with Gasteiger partial charge in [0.1, 0.15) is 25.0 Å². The Kier molecular flexibility index (Phi) is 4.59. The second kappa shape index (κ2) is 6.79. The molecule has 21 heavy (non-hydrogen) atoms. The summed E-state index contributed by atoms with van der Waals surface area (Å²) in [4.78, 5) is 8.29. The molecule has 2 heterocycles. The molecule has 1 aromatic carbocycles. The van der Waals surface area contributed by atoms with Crippen LogP contribution in [-0.4, -0.2) is 25.7 Å². The minimum absolute atomic E-state index is 0.443. The standard InChI is InChI=1S/C12H10ClN5OS2/c13-11-12(20-21-17-11)16-9-1-3-10(4-2-9)19-6-5-18-8-14-7-15-18/h1-4,7-8H,5-6H2. The van der Waals surface area contributed by atoms with Crippen LogP contribution < -0.4 is 9.41 Å². The molecule has 0 aliphatic heterocycles. The van der Waals surface area contributed by atoms with E-state index in [1.54, 1.807) is 11.0 Å². The Labute approximate surface area is 132 Å². The van der Waals surface area contributed by atoms with Crippen LogP contribution in [-0.2, 0) is 6.54 Å². The van der Waals surface area contributed by atoms with E-state index >= 15 is 0 Å². The highest BCUT2D eigenvalue weighted by Gasteiger charge is 1.99. The third-order valence-electron chi connectivity index (χ3n) is 2.53. The van der Waals surface area contributed by atoms with Gasteiger partial charge in [-0.3, -0.25) is 0 Å². The molecular weight excluding hydrogens is 330 g/mol. The van der Waals surface area contributed by atoms with Gasteiger partial charge in [0.05, 0.1) is 12.2 Å². The topological polar surface area (TPSA) is 65.2 Å². The van der Waals surface area contributed by atoms with Crippen molar-refractivity contribution in [2.45, 2.75) is 6.54 Å². The number of hydrogen-bond donors (Lipinski definition) is 0. The summed E-state index contributed by atoms with van der Waals surface area (Å²) in [6.07, 6.45) is 3.16. The lowest BCUT2D eigenvalue weighted by Gasteiger charge is -2.05. The van der Waals surface area contributed by atoms with Crippen LogP contribution >= 0.6 is 32.5 Å². The molecule has 108 valence electrons. The predicted octanol–water partition coefficient (Wildman–Crippen LogP) is 2.76. The minimum Gasteiger partial charge on any atom is -0.492 e. The molecule has 0 spiro atoms. The molecule has 0 amide bonds. The van der Waals surface area contributed by atoms with Crippen LogP contribution in [0.5, 0.6) is 5.75 Å². The lowest BCUT2D eigenvalue weighted by molar-refractivity contribution is 0.291. The average molecular weight is 340 g/mol. The molecule has 3 rings (SSSR count). The van der Waals surface area contributed by atoms with Gasteiger partial charge in [0.2, 0.25) is 0 Å². The molecule has 0 N–H and O–H groups in total. The predicted molar refractivity (Wildman–Crippen MR) is 82.2 cm³/mol. The van der Waals surface area contributed by atoms with Crippen molar-refractivity contribution in [1.82, 2.24) is 19.1 Å². The van der Waals surface area contributed by atoms with Gasteiger partial charge in [0, 0.05) is 10.5 Å². The zero-order valence-corrected chi connectivity index (χ0v) is 13.1. The van der Waals surface area contributed by atoms with Crippen LogP contribution in [0.2, 0.25) is 5.15 Å². The highest BCUT2D eigenvalue weighted by atomic mass is 35.5. The van der Waals surface area contributed by atoms with Gasteiger partial charge in [-0.1, -0.05) is 11.6 Å². The van der Waals surface area contributed by atoms with Crippen molar-refractivity contribution in [2.24, 2.45) is 4.99 Å². The fraction of sp³-hybridized carbons (Fsp3) is 0.167. The Hall–Kier alpha value is -1.77. The van der Waals surface area contributed by atoms with Crippen molar-refractivity contribution in [3.63, 3.8) is 0 Å². The molecule has 0 radical (unpaired) electrons. The summed E-state index contributed by atoms with van der Waals surface area (Å²) in [5.74, 6) is 0.785. The Morgan fingerprint density at radius 1 is 1.29 bits per heavy atom. The first kappa shape index (κ1) is 14.2. The van der Waals surface area contributed by atoms with E-state index in [9.17, 15) is 0 Å². The molecule has 3 aromatic rings. The lowest BCUT2D eigenvalue weighted by Crippen LogP contribution is -2.08. The number of aromatic nitrogens is 4. The van der Waals surface area contributed by atoms with Crippen LogP contribution in [0.1, 0.15) is 0 Å². The number of hydrogen-bond acceptors (Lipinski definition) is 7. The second-order valence-electron chi connectivity index (χ2n) is 3.96. The summed E-state index contributed by atoms with van der Waals surface area (Å²) in [5.41, 5.74) is 0.817. The van der Waals surface area contributed by atoms with E-state index in [4.69, 9.17) is 16.3 Å². The van der Waals surface area contributed by atoms with Crippen LogP contribution in [0.15, 0.2) is 41.9 Å². The van der Waals surface area contributed by atoms with Gasteiger partial charge in [-0.05, 0) is 34.6 Å². The molecular formula is C12H10ClN5OS2. The molecule has 0 saturated carbocycles. The first-order valence-electron chi connectivity index (χ1n) is 6.03. The molecule has 0 atom stereocenters. The van der Waals surface area contributed by atoms with Crippen LogP contribution in [0.4, 0.5) is 5.69 Å². The highest BCUT2D eigenvalue weighted by molar-refractivity contribution is 7.66. The smallest absolute Gasteiger partial charge is 0.179 e. The Bertz CT molecular complexity index is 751. The fourth-order valence-corrected chi connectivity index (χ4v) is 3.56. The van der Waals surface area contributed by atoms with Crippen molar-refractivity contribution in [2.75, 3.05) is 6.61 Å². The van der Waals surface area contributed by atoms with Crippen LogP contribution in [0, 0.1) is 0 Å². The minimum atomic E-state index is 0.443. The lowest BCUT2D eigenvalue weighted by atomic mass is 10.3. The van der Waals surface area contributed by atoms with E-state index in [1.807, 2.05) is 24.3 Å². The third-order valence-corrected chi connectivity index (χ3v) is 4.70. The van der Waals surface area contributed by atoms with Crippen molar-refractivity contribution >= 4 is 38.2 Å². The first-order chi connectivity index (χ1) is 10.3. The number of halogens is 1. The van der Waals surface area contributed by atoms with E-state index in [1.165, 1.54) is 27.2 Å². The van der Waals surface area contributed by atoms with Gasteiger partial charge in [-0.15, -0.1) is 0 Å². The summed E-state index contributed by atoms with van der Waals surface area (Å²) >= 11 is 5.92. The SMILES string of the molecule is Clc1nssc1=Nc1ccc(OCCn2cncn2)cc1. The molecule has 0 bridgehead atoms. The number of rotatable bonds is 5. The third kappa shape index (κ3) is 3.87. The molecule has 0 fully saturated rings. The summed E-state index contributed by atoms with van der Waals surface area (Å²) in [5, 5.41) is 4.45.